The Balaban J connectivity index is 2.09. The van der Waals surface area contributed by atoms with E-state index in [-0.39, 0.29) is 11.3 Å². The molecule has 0 saturated heterocycles. The van der Waals surface area contributed by atoms with Crippen molar-refractivity contribution in [3.8, 4) is 5.75 Å². The van der Waals surface area contributed by atoms with Gasteiger partial charge in [-0.05, 0) is 49.4 Å². The molecule has 2 aromatic rings. The summed E-state index contributed by atoms with van der Waals surface area (Å²) in [6, 6.07) is 10.9. The van der Waals surface area contributed by atoms with Crippen molar-refractivity contribution in [3.63, 3.8) is 0 Å². The van der Waals surface area contributed by atoms with Gasteiger partial charge in [-0.15, -0.1) is 0 Å². The first-order valence-electron chi connectivity index (χ1n) is 6.76. The summed E-state index contributed by atoms with van der Waals surface area (Å²) in [6.45, 7) is 1.51. The second-order valence-electron chi connectivity index (χ2n) is 4.80. The van der Waals surface area contributed by atoms with Crippen LogP contribution in [-0.2, 0) is 4.74 Å². The maximum absolute atomic E-state index is 12.3. The summed E-state index contributed by atoms with van der Waals surface area (Å²) in [5.74, 6) is -0.336. The Morgan fingerprint density at radius 3 is 2.04 bits per heavy atom. The number of ketones is 1. The minimum atomic E-state index is -0.936. The lowest BCUT2D eigenvalue weighted by atomic mass is 10.1. The summed E-state index contributed by atoms with van der Waals surface area (Å²) in [4.78, 5) is 24.4. The summed E-state index contributed by atoms with van der Waals surface area (Å²) in [6.07, 6.45) is -0.936. The van der Waals surface area contributed by atoms with Gasteiger partial charge in [0.2, 0.25) is 5.78 Å². The van der Waals surface area contributed by atoms with Gasteiger partial charge in [0.15, 0.2) is 6.10 Å². The molecule has 23 heavy (non-hydrogen) atoms. The average molecular weight is 353 g/mol. The van der Waals surface area contributed by atoms with Crippen molar-refractivity contribution in [1.29, 1.82) is 0 Å². The predicted octanol–water partition coefficient (Wildman–Crippen LogP) is 4.43. The Morgan fingerprint density at radius 2 is 1.52 bits per heavy atom. The van der Waals surface area contributed by atoms with Gasteiger partial charge in [0.05, 0.1) is 12.7 Å². The van der Waals surface area contributed by atoms with Gasteiger partial charge in [-0.25, -0.2) is 4.79 Å². The molecule has 2 rings (SSSR count). The zero-order valence-electron chi connectivity index (χ0n) is 12.5. The Bertz CT molecular complexity index is 706. The van der Waals surface area contributed by atoms with Crippen LogP contribution in [0.25, 0.3) is 0 Å². The molecule has 0 unspecified atom stereocenters. The quantitative estimate of drug-likeness (QED) is 0.589. The van der Waals surface area contributed by atoms with E-state index in [0.29, 0.717) is 21.4 Å². The lowest BCUT2D eigenvalue weighted by Gasteiger charge is -2.13. The summed E-state index contributed by atoms with van der Waals surface area (Å²) >= 11 is 11.7. The number of carbonyl (C=O) groups is 2. The smallest absolute Gasteiger partial charge is 0.338 e. The first-order chi connectivity index (χ1) is 10.9. The van der Waals surface area contributed by atoms with E-state index >= 15 is 0 Å². The topological polar surface area (TPSA) is 52.6 Å². The van der Waals surface area contributed by atoms with Crippen LogP contribution >= 0.6 is 23.2 Å². The minimum Gasteiger partial charge on any atom is -0.497 e. The fourth-order valence-electron chi connectivity index (χ4n) is 1.94. The van der Waals surface area contributed by atoms with E-state index in [2.05, 4.69) is 0 Å². The Labute approximate surface area is 143 Å². The second kappa shape index (κ2) is 7.49. The van der Waals surface area contributed by atoms with Gasteiger partial charge in [-0.1, -0.05) is 23.2 Å². The monoisotopic (exact) mass is 352 g/mol. The molecular weight excluding hydrogens is 339 g/mol. The summed E-state index contributed by atoms with van der Waals surface area (Å²) < 4.78 is 10.2. The number of benzene rings is 2. The molecule has 0 aromatic heterocycles. The van der Waals surface area contributed by atoms with E-state index in [1.807, 2.05) is 0 Å². The molecule has 0 aliphatic rings. The van der Waals surface area contributed by atoms with E-state index < -0.39 is 12.1 Å². The van der Waals surface area contributed by atoms with E-state index in [1.165, 1.54) is 32.2 Å². The number of hydrogen-bond acceptors (Lipinski definition) is 4. The van der Waals surface area contributed by atoms with E-state index in [9.17, 15) is 9.59 Å². The molecule has 0 heterocycles. The van der Waals surface area contributed by atoms with Crippen LogP contribution in [0.2, 0.25) is 10.0 Å². The van der Waals surface area contributed by atoms with Gasteiger partial charge < -0.3 is 9.47 Å². The number of esters is 1. The van der Waals surface area contributed by atoms with Crippen LogP contribution in [0.15, 0.2) is 42.5 Å². The van der Waals surface area contributed by atoms with Crippen LogP contribution in [0.5, 0.6) is 5.75 Å². The number of ether oxygens (including phenoxy) is 2. The molecule has 0 N–H and O–H groups in total. The molecule has 0 aliphatic carbocycles. The van der Waals surface area contributed by atoms with Gasteiger partial charge in [-0.2, -0.15) is 0 Å². The molecule has 0 bridgehead atoms. The largest absolute Gasteiger partial charge is 0.497 e. The third-order valence-corrected chi connectivity index (χ3v) is 3.56. The van der Waals surface area contributed by atoms with Crippen molar-refractivity contribution in [2.45, 2.75) is 13.0 Å². The fraction of sp³-hybridized carbons (Fsp3) is 0.176. The van der Waals surface area contributed by atoms with Gasteiger partial charge in [0.1, 0.15) is 5.75 Å². The summed E-state index contributed by atoms with van der Waals surface area (Å²) in [5.41, 5.74) is 0.618. The highest BCUT2D eigenvalue weighted by atomic mass is 35.5. The highest BCUT2D eigenvalue weighted by Crippen LogP contribution is 2.20. The molecule has 1 atom stereocenters. The Kier molecular flexibility index (Phi) is 5.64. The Hall–Kier alpha value is -2.04. The van der Waals surface area contributed by atoms with Crippen molar-refractivity contribution in [2.24, 2.45) is 0 Å². The molecule has 0 spiro atoms. The SMILES string of the molecule is COc1ccc(C(=O)[C@H](C)OC(=O)c2cc(Cl)cc(Cl)c2)cc1. The van der Waals surface area contributed by atoms with Crippen LogP contribution in [0.1, 0.15) is 27.6 Å². The third kappa shape index (κ3) is 4.47. The van der Waals surface area contributed by atoms with Gasteiger partial charge in [0, 0.05) is 15.6 Å². The number of carbonyl (C=O) groups excluding carboxylic acids is 2. The highest BCUT2D eigenvalue weighted by molar-refractivity contribution is 6.35. The van der Waals surface area contributed by atoms with Crippen molar-refractivity contribution in [3.05, 3.63) is 63.6 Å². The van der Waals surface area contributed by atoms with Crippen molar-refractivity contribution < 1.29 is 19.1 Å². The molecule has 0 saturated carbocycles. The molecule has 0 fully saturated rings. The molecule has 6 heteroatoms. The summed E-state index contributed by atoms with van der Waals surface area (Å²) in [7, 11) is 1.54. The fourth-order valence-corrected chi connectivity index (χ4v) is 2.47. The van der Waals surface area contributed by atoms with Crippen LogP contribution in [0.4, 0.5) is 0 Å². The van der Waals surface area contributed by atoms with Crippen LogP contribution in [0, 0.1) is 0 Å². The molecule has 0 aliphatic heterocycles. The second-order valence-corrected chi connectivity index (χ2v) is 5.67. The minimum absolute atomic E-state index is 0.192. The molecular formula is C17H14Cl2O4. The van der Waals surface area contributed by atoms with Crippen molar-refractivity contribution in [2.75, 3.05) is 7.11 Å². The number of Topliss-reactive ketones (excluding diaryl/α,β-unsaturated/α-hetero) is 1. The molecule has 0 amide bonds. The van der Waals surface area contributed by atoms with E-state index in [4.69, 9.17) is 32.7 Å². The van der Waals surface area contributed by atoms with Crippen molar-refractivity contribution in [1.82, 2.24) is 0 Å². The lowest BCUT2D eigenvalue weighted by Crippen LogP contribution is -2.24. The first-order valence-corrected chi connectivity index (χ1v) is 7.51. The van der Waals surface area contributed by atoms with Crippen LogP contribution < -0.4 is 4.74 Å². The molecule has 120 valence electrons. The zero-order chi connectivity index (χ0) is 17.0. The maximum Gasteiger partial charge on any atom is 0.338 e. The third-order valence-electron chi connectivity index (χ3n) is 3.13. The number of halogens is 2. The number of rotatable bonds is 5. The Morgan fingerprint density at radius 1 is 0.957 bits per heavy atom. The lowest BCUT2D eigenvalue weighted by molar-refractivity contribution is 0.0319. The van der Waals surface area contributed by atoms with Crippen molar-refractivity contribution >= 4 is 35.0 Å². The van der Waals surface area contributed by atoms with Gasteiger partial charge in [0.25, 0.3) is 0 Å². The molecule has 2 aromatic carbocycles. The van der Waals surface area contributed by atoms with Gasteiger partial charge >= 0.3 is 5.97 Å². The molecule has 4 nitrogen and oxygen atoms in total. The first kappa shape index (κ1) is 17.3. The van der Waals surface area contributed by atoms with E-state index in [0.717, 1.165) is 0 Å². The van der Waals surface area contributed by atoms with Crippen LogP contribution in [-0.4, -0.2) is 25.0 Å². The zero-order valence-corrected chi connectivity index (χ0v) is 14.0. The van der Waals surface area contributed by atoms with Gasteiger partial charge in [-0.3, -0.25) is 4.79 Å². The highest BCUT2D eigenvalue weighted by Gasteiger charge is 2.21. The number of methoxy groups -OCH3 is 1. The number of hydrogen-bond donors (Lipinski definition) is 0. The summed E-state index contributed by atoms with van der Waals surface area (Å²) in [5, 5.41) is 0.636. The molecule has 0 radical (unpaired) electrons. The maximum atomic E-state index is 12.3. The normalized spacial score (nSPS) is 11.7. The average Bonchev–Trinajstić information content (AvgIpc) is 2.53. The standard InChI is InChI=1S/C17H14Cl2O4/c1-10(16(20)11-3-5-15(22-2)6-4-11)23-17(21)12-7-13(18)9-14(19)8-12/h3-10H,1-2H3/t10-/m0/s1. The predicted molar refractivity (Wildman–Crippen MR) is 88.7 cm³/mol. The van der Waals surface area contributed by atoms with Crippen LogP contribution in [0.3, 0.4) is 0 Å². The van der Waals surface area contributed by atoms with E-state index in [1.54, 1.807) is 24.3 Å².